The third-order valence-electron chi connectivity index (χ3n) is 7.93. The smallest absolute Gasteiger partial charge is 0.476 e. The van der Waals surface area contributed by atoms with E-state index in [4.69, 9.17) is 14.0 Å². The molecular weight excluding hydrogens is 507 g/mol. The van der Waals surface area contributed by atoms with Crippen LogP contribution in [-0.4, -0.2) is 53.6 Å². The van der Waals surface area contributed by atoms with Gasteiger partial charge in [-0.2, -0.15) is 0 Å². The summed E-state index contributed by atoms with van der Waals surface area (Å²) in [7, 11) is -0.805. The van der Waals surface area contributed by atoms with Crippen LogP contribution >= 0.6 is 0 Å². The zero-order valence-electron chi connectivity index (χ0n) is 23.4. The topological polar surface area (TPSA) is 107 Å². The quantitative estimate of drug-likeness (QED) is 0.374. The molecule has 40 heavy (non-hydrogen) atoms. The molecule has 5 rings (SSSR count). The number of aryl methyl sites for hydroxylation is 1. The number of carbonyl (C=O) groups excluding carboxylic acids is 1. The van der Waals surface area contributed by atoms with Gasteiger partial charge < -0.3 is 24.5 Å². The van der Waals surface area contributed by atoms with Crippen LogP contribution in [-0.2, 0) is 14.0 Å². The van der Waals surface area contributed by atoms with Crippen molar-refractivity contribution < 1.29 is 28.7 Å². The molecule has 1 aliphatic carbocycles. The molecule has 1 amide bonds. The molecule has 9 heteroatoms. The summed E-state index contributed by atoms with van der Waals surface area (Å²) >= 11 is 0. The molecule has 2 N–H and O–H groups in total. The number of nitrogens with zero attached hydrogens (tertiary/aromatic N) is 1. The summed E-state index contributed by atoms with van der Waals surface area (Å²) in [5.74, 6) is -1.21. The van der Waals surface area contributed by atoms with Crippen molar-refractivity contribution in [1.29, 1.82) is 0 Å². The van der Waals surface area contributed by atoms with E-state index in [9.17, 15) is 14.7 Å². The number of carbonyl (C=O) groups is 2. The number of amides is 1. The van der Waals surface area contributed by atoms with Crippen molar-refractivity contribution in [3.8, 4) is 11.1 Å². The summed E-state index contributed by atoms with van der Waals surface area (Å²) in [5, 5.41) is 12.5. The average Bonchev–Trinajstić information content (AvgIpc) is 3.34. The molecule has 2 heterocycles. The molecule has 1 aliphatic heterocycles. The summed E-state index contributed by atoms with van der Waals surface area (Å²) < 4.78 is 18.2. The molecular formula is C31H33BN2O6. The maximum atomic E-state index is 12.9. The molecule has 1 fully saturated rings. The highest BCUT2D eigenvalue weighted by Crippen LogP contribution is 2.44. The van der Waals surface area contributed by atoms with E-state index in [2.05, 4.69) is 34.6 Å². The number of aromatic carboxylic acids is 1. The number of pyridine rings is 1. The fourth-order valence-electron chi connectivity index (χ4n) is 5.10. The third-order valence-corrected chi connectivity index (χ3v) is 7.93. The van der Waals surface area contributed by atoms with E-state index in [-0.39, 0.29) is 24.8 Å². The minimum absolute atomic E-state index is 0.0283. The lowest BCUT2D eigenvalue weighted by atomic mass is 9.76. The monoisotopic (exact) mass is 540 g/mol. The summed E-state index contributed by atoms with van der Waals surface area (Å²) in [6, 6.07) is 18.0. The summed E-state index contributed by atoms with van der Waals surface area (Å²) in [5.41, 5.74) is 4.95. The largest absolute Gasteiger partial charge is 0.492 e. The van der Waals surface area contributed by atoms with Crippen molar-refractivity contribution in [3.63, 3.8) is 0 Å². The lowest BCUT2D eigenvalue weighted by Gasteiger charge is -2.32. The minimum Gasteiger partial charge on any atom is -0.476 e. The van der Waals surface area contributed by atoms with Crippen LogP contribution in [0.25, 0.3) is 17.2 Å². The van der Waals surface area contributed by atoms with Crippen LogP contribution in [0.4, 0.5) is 4.79 Å². The van der Waals surface area contributed by atoms with Crippen LogP contribution in [0.15, 0.2) is 66.3 Å². The van der Waals surface area contributed by atoms with Crippen molar-refractivity contribution in [1.82, 2.24) is 10.3 Å². The van der Waals surface area contributed by atoms with Crippen LogP contribution < -0.4 is 5.32 Å². The van der Waals surface area contributed by atoms with E-state index in [1.807, 2.05) is 58.9 Å². The number of rotatable bonds is 7. The number of carboxylic acids is 1. The van der Waals surface area contributed by atoms with Gasteiger partial charge in [-0.3, -0.25) is 0 Å². The fraction of sp³-hybridized carbons (Fsp3) is 0.323. The van der Waals surface area contributed by atoms with Crippen molar-refractivity contribution in [2.24, 2.45) is 0 Å². The van der Waals surface area contributed by atoms with Crippen molar-refractivity contribution in [2.75, 3.05) is 13.2 Å². The second kappa shape index (κ2) is 10.6. The van der Waals surface area contributed by atoms with Crippen molar-refractivity contribution in [3.05, 3.63) is 94.2 Å². The molecule has 2 aliphatic rings. The Morgan fingerprint density at radius 1 is 1.02 bits per heavy atom. The van der Waals surface area contributed by atoms with E-state index in [0.29, 0.717) is 11.0 Å². The Balaban J connectivity index is 1.35. The van der Waals surface area contributed by atoms with Gasteiger partial charge in [0.25, 0.3) is 0 Å². The first-order valence-corrected chi connectivity index (χ1v) is 13.3. The zero-order chi connectivity index (χ0) is 28.7. The maximum absolute atomic E-state index is 12.9. The zero-order valence-corrected chi connectivity index (χ0v) is 23.4. The highest BCUT2D eigenvalue weighted by atomic mass is 16.7. The highest BCUT2D eigenvalue weighted by Gasteiger charge is 2.52. The first kappa shape index (κ1) is 27.6. The maximum Gasteiger partial charge on any atom is 0.492 e. The average molecular weight is 540 g/mol. The molecule has 0 bridgehead atoms. The van der Waals surface area contributed by atoms with Crippen molar-refractivity contribution >= 4 is 25.3 Å². The molecule has 0 spiro atoms. The van der Waals surface area contributed by atoms with Gasteiger partial charge in [-0.1, -0.05) is 54.6 Å². The fourth-order valence-corrected chi connectivity index (χ4v) is 5.10. The van der Waals surface area contributed by atoms with Crippen LogP contribution in [0.1, 0.15) is 66.4 Å². The molecule has 2 aromatic carbocycles. The first-order valence-electron chi connectivity index (χ1n) is 13.3. The van der Waals surface area contributed by atoms with Gasteiger partial charge in [0.1, 0.15) is 6.61 Å². The molecule has 1 aromatic heterocycles. The SMILES string of the molecule is Cc1cnc(C(=O)O)c(C=C(CNC(=O)OCC2c3ccccc3-c3ccccc32)B2OC(C)(C)C(C)(C)O2)c1. The van der Waals surface area contributed by atoms with Gasteiger partial charge in [0.15, 0.2) is 5.69 Å². The van der Waals surface area contributed by atoms with E-state index in [0.717, 1.165) is 27.8 Å². The van der Waals surface area contributed by atoms with Gasteiger partial charge in [-0.25, -0.2) is 14.6 Å². The summed E-state index contributed by atoms with van der Waals surface area (Å²) in [6.07, 6.45) is 2.57. The molecule has 206 valence electrons. The number of hydrogen-bond donors (Lipinski definition) is 2. The number of nitrogens with one attached hydrogen (secondary N) is 1. The molecule has 1 saturated heterocycles. The van der Waals surface area contributed by atoms with Gasteiger partial charge in [-0.05, 0) is 74.0 Å². The van der Waals surface area contributed by atoms with E-state index < -0.39 is 30.4 Å². The Kier molecular flexibility index (Phi) is 7.29. The second-order valence-electron chi connectivity index (χ2n) is 11.2. The Morgan fingerprint density at radius 2 is 1.60 bits per heavy atom. The Hall–Kier alpha value is -3.95. The van der Waals surface area contributed by atoms with E-state index >= 15 is 0 Å². The Morgan fingerprint density at radius 3 is 2.17 bits per heavy atom. The number of fused-ring (bicyclic) bond motifs is 3. The Bertz CT molecular complexity index is 1440. The second-order valence-corrected chi connectivity index (χ2v) is 11.2. The number of carboxylic acid groups (broad SMARTS) is 1. The number of aromatic nitrogens is 1. The molecule has 3 aromatic rings. The van der Waals surface area contributed by atoms with Gasteiger partial charge >= 0.3 is 19.2 Å². The lowest BCUT2D eigenvalue weighted by Crippen LogP contribution is -2.41. The standard InChI is InChI=1S/C31H33BN2O6/c1-19-14-20(27(28(35)36)33-16-19)15-21(32-39-30(2,3)31(4,5)40-32)17-34-29(37)38-18-26-24-12-8-6-10-22(24)23-11-7-9-13-25(23)26/h6-16,26H,17-18H2,1-5H3,(H,34,37)(H,35,36). The third kappa shape index (κ3) is 5.27. The van der Waals surface area contributed by atoms with Gasteiger partial charge in [-0.15, -0.1) is 0 Å². The van der Waals surface area contributed by atoms with E-state index in [1.165, 1.54) is 6.20 Å². The number of benzene rings is 2. The van der Waals surface area contributed by atoms with Crippen molar-refractivity contribution in [2.45, 2.75) is 51.7 Å². The van der Waals surface area contributed by atoms with Gasteiger partial charge in [0, 0.05) is 24.2 Å². The first-order chi connectivity index (χ1) is 19.0. The van der Waals surface area contributed by atoms with Crippen LogP contribution in [0.5, 0.6) is 0 Å². The molecule has 0 radical (unpaired) electrons. The van der Waals surface area contributed by atoms with E-state index in [1.54, 1.807) is 12.1 Å². The predicted molar refractivity (Wildman–Crippen MR) is 153 cm³/mol. The molecule has 0 atom stereocenters. The van der Waals surface area contributed by atoms with Gasteiger partial charge in [0.05, 0.1) is 11.2 Å². The summed E-state index contributed by atoms with van der Waals surface area (Å²) in [4.78, 5) is 28.9. The van der Waals surface area contributed by atoms with Crippen LogP contribution in [0, 0.1) is 6.92 Å². The predicted octanol–water partition coefficient (Wildman–Crippen LogP) is 5.64. The molecule has 0 saturated carbocycles. The lowest BCUT2D eigenvalue weighted by molar-refractivity contribution is 0.00578. The van der Waals surface area contributed by atoms with Crippen LogP contribution in [0.2, 0.25) is 0 Å². The minimum atomic E-state index is -1.15. The molecule has 0 unspecified atom stereocenters. The molecule has 8 nitrogen and oxygen atoms in total. The number of hydrogen-bond acceptors (Lipinski definition) is 6. The highest BCUT2D eigenvalue weighted by molar-refractivity contribution is 6.56. The number of ether oxygens (including phenoxy) is 1. The van der Waals surface area contributed by atoms with Gasteiger partial charge in [0.2, 0.25) is 0 Å². The van der Waals surface area contributed by atoms with Crippen LogP contribution in [0.3, 0.4) is 0 Å². The normalized spacial score (nSPS) is 17.3. The number of alkyl carbamates (subject to hydrolysis) is 1. The summed E-state index contributed by atoms with van der Waals surface area (Å²) in [6.45, 7) is 9.77. The Labute approximate surface area is 234 Å².